The van der Waals surface area contributed by atoms with Crippen LogP contribution in [-0.2, 0) is 20.0 Å². The smallest absolute Gasteiger partial charge is 0.344 e. The number of aromatic nitrogens is 1. The summed E-state index contributed by atoms with van der Waals surface area (Å²) in [6.45, 7) is 8.06. The molecule has 0 bridgehead atoms. The first-order valence-corrected chi connectivity index (χ1v) is 12.2. The molecule has 0 spiro atoms. The van der Waals surface area contributed by atoms with Gasteiger partial charge in [0.15, 0.2) is 11.1 Å². The molecule has 10 heteroatoms. The van der Waals surface area contributed by atoms with Crippen LogP contribution in [-0.4, -0.2) is 47.5 Å². The summed E-state index contributed by atoms with van der Waals surface area (Å²) in [7, 11) is 1.50. The second-order valence-electron chi connectivity index (χ2n) is 9.91. The highest BCUT2D eigenvalue weighted by molar-refractivity contribution is 5.91. The van der Waals surface area contributed by atoms with Crippen molar-refractivity contribution in [1.82, 2.24) is 9.88 Å². The Morgan fingerprint density at radius 1 is 1.08 bits per heavy atom. The number of nitrogens with zero attached hydrogens (tertiary/aromatic N) is 1. The molecule has 0 radical (unpaired) electrons. The molecule has 0 fully saturated rings. The summed E-state index contributed by atoms with van der Waals surface area (Å²) in [5.41, 5.74) is -3.01. The van der Waals surface area contributed by atoms with Crippen molar-refractivity contribution in [1.29, 1.82) is 0 Å². The van der Waals surface area contributed by atoms with Crippen LogP contribution in [0.3, 0.4) is 0 Å². The lowest BCUT2D eigenvalue weighted by atomic mass is 10.0. The fraction of sp³-hybridized carbons (Fsp3) is 0.393. The van der Waals surface area contributed by atoms with Crippen molar-refractivity contribution in [3.8, 4) is 22.6 Å². The monoisotopic (exact) mass is 528 g/mol. The third-order valence-corrected chi connectivity index (χ3v) is 5.82. The number of benzene rings is 2. The van der Waals surface area contributed by atoms with Crippen LogP contribution in [0.15, 0.2) is 47.4 Å². The number of halogens is 1. The molecule has 1 atom stereocenters. The number of carbonyl (C=O) groups is 2. The van der Waals surface area contributed by atoms with E-state index in [0.29, 0.717) is 17.7 Å². The Morgan fingerprint density at radius 3 is 2.29 bits per heavy atom. The van der Waals surface area contributed by atoms with Gasteiger partial charge in [0.1, 0.15) is 22.9 Å². The molecule has 0 saturated carbocycles. The molecule has 0 amide bonds. The number of aliphatic carboxylic acids is 1. The summed E-state index contributed by atoms with van der Waals surface area (Å²) < 4.78 is 32.8. The van der Waals surface area contributed by atoms with Gasteiger partial charge in [-0.2, -0.15) is 0 Å². The van der Waals surface area contributed by atoms with E-state index in [4.69, 9.17) is 14.2 Å². The molecule has 204 valence electrons. The minimum absolute atomic E-state index is 0.0534. The van der Waals surface area contributed by atoms with Gasteiger partial charge in [-0.05, 0) is 63.9 Å². The number of hydrogen-bond acceptors (Lipinski definition) is 7. The lowest BCUT2D eigenvalue weighted by molar-refractivity contribution is -0.156. The molecule has 0 aliphatic carbocycles. The van der Waals surface area contributed by atoms with E-state index in [1.165, 1.54) is 30.9 Å². The lowest BCUT2D eigenvalue weighted by Crippen LogP contribution is -2.54. The van der Waals surface area contributed by atoms with E-state index in [9.17, 15) is 19.5 Å². The fourth-order valence-electron chi connectivity index (χ4n) is 3.93. The molecule has 1 heterocycles. The Hall–Kier alpha value is -3.92. The van der Waals surface area contributed by atoms with Gasteiger partial charge in [-0.3, -0.25) is 14.9 Å². The quantitative estimate of drug-likeness (QED) is 0.375. The minimum atomic E-state index is -2.01. The number of methoxy groups -OCH3 is 1. The molecule has 2 aromatic carbocycles. The molecule has 3 aromatic rings. The van der Waals surface area contributed by atoms with Crippen molar-refractivity contribution in [2.24, 2.45) is 0 Å². The molecular formula is C28H33FN2O7. The van der Waals surface area contributed by atoms with Crippen LogP contribution in [0, 0.1) is 5.82 Å². The van der Waals surface area contributed by atoms with Gasteiger partial charge in [0, 0.05) is 11.8 Å². The van der Waals surface area contributed by atoms with Crippen LogP contribution in [0.25, 0.3) is 22.0 Å². The molecule has 1 aromatic heterocycles. The first-order valence-electron chi connectivity index (χ1n) is 12.2. The first kappa shape index (κ1) is 28.6. The van der Waals surface area contributed by atoms with Crippen molar-refractivity contribution >= 4 is 22.8 Å². The maximum atomic E-state index is 15.3. The molecule has 2 N–H and O–H groups in total. The number of nitrogens with one attached hydrogen (secondary N) is 1. The van der Waals surface area contributed by atoms with Crippen LogP contribution >= 0.6 is 0 Å². The number of esters is 1. The zero-order valence-corrected chi connectivity index (χ0v) is 22.4. The van der Waals surface area contributed by atoms with Gasteiger partial charge in [0.2, 0.25) is 0 Å². The van der Waals surface area contributed by atoms with Crippen molar-refractivity contribution in [2.75, 3.05) is 20.3 Å². The highest BCUT2D eigenvalue weighted by Crippen LogP contribution is 2.33. The Bertz CT molecular complexity index is 1390. The molecule has 0 saturated heterocycles. The third kappa shape index (κ3) is 5.96. The summed E-state index contributed by atoms with van der Waals surface area (Å²) in [5.74, 6) is -2.21. The Labute approximate surface area is 220 Å². The number of fused-ring (bicyclic) bond motifs is 1. The van der Waals surface area contributed by atoms with E-state index in [0.717, 1.165) is 6.07 Å². The zero-order valence-electron chi connectivity index (χ0n) is 22.4. The molecule has 1 unspecified atom stereocenters. The van der Waals surface area contributed by atoms with E-state index in [1.54, 1.807) is 45.0 Å². The summed E-state index contributed by atoms with van der Waals surface area (Å²) in [6.07, 6.45) is 1.96. The maximum absolute atomic E-state index is 15.3. The maximum Gasteiger partial charge on any atom is 0.344 e. The molecule has 0 aliphatic rings. The number of carboxylic acids is 1. The van der Waals surface area contributed by atoms with E-state index in [-0.39, 0.29) is 28.8 Å². The highest BCUT2D eigenvalue weighted by atomic mass is 19.1. The van der Waals surface area contributed by atoms with Crippen molar-refractivity contribution in [3.63, 3.8) is 0 Å². The zero-order chi connectivity index (χ0) is 28.3. The first-order chi connectivity index (χ1) is 17.8. The van der Waals surface area contributed by atoms with E-state index < -0.39 is 41.0 Å². The van der Waals surface area contributed by atoms with Crippen LogP contribution in [0.1, 0.15) is 41.0 Å². The van der Waals surface area contributed by atoms with Crippen LogP contribution in [0.2, 0.25) is 0 Å². The summed E-state index contributed by atoms with van der Waals surface area (Å²) in [4.78, 5) is 38.8. The van der Waals surface area contributed by atoms with Crippen LogP contribution in [0.5, 0.6) is 11.5 Å². The molecule has 3 rings (SSSR count). The number of carboxylic acid groups (broad SMARTS) is 1. The van der Waals surface area contributed by atoms with Crippen molar-refractivity contribution in [2.45, 2.75) is 52.3 Å². The third-order valence-electron chi connectivity index (χ3n) is 5.82. The Kier molecular flexibility index (Phi) is 8.46. The number of pyridine rings is 1. The van der Waals surface area contributed by atoms with Gasteiger partial charge in [-0.15, -0.1) is 0 Å². The molecule has 9 nitrogen and oxygen atoms in total. The highest BCUT2D eigenvalue weighted by Gasteiger charge is 2.38. The normalized spacial score (nSPS) is 13.1. The van der Waals surface area contributed by atoms with Gasteiger partial charge in [0.05, 0.1) is 31.2 Å². The Morgan fingerprint density at radius 2 is 1.74 bits per heavy atom. The summed E-state index contributed by atoms with van der Waals surface area (Å²) >= 11 is 0. The number of hydrogen-bond donors (Lipinski definition) is 2. The van der Waals surface area contributed by atoms with Crippen LogP contribution in [0.4, 0.5) is 4.39 Å². The SMILES string of the molecule is CCCOc1ccc(F)c2c(=O)c(-c3ccc(OC)cc3)cn(C(C)(NCC(=O)OC(C)(C)C)C(=O)O)c12. The van der Waals surface area contributed by atoms with Crippen molar-refractivity contribution in [3.05, 3.63) is 58.6 Å². The van der Waals surface area contributed by atoms with Crippen molar-refractivity contribution < 1.29 is 33.3 Å². The van der Waals surface area contributed by atoms with E-state index in [1.807, 2.05) is 6.92 Å². The average Bonchev–Trinajstić information content (AvgIpc) is 2.86. The predicted molar refractivity (Wildman–Crippen MR) is 141 cm³/mol. The second kappa shape index (κ2) is 11.2. The number of rotatable bonds is 10. The number of ether oxygens (including phenoxy) is 3. The van der Waals surface area contributed by atoms with E-state index in [2.05, 4.69) is 5.32 Å². The van der Waals surface area contributed by atoms with E-state index >= 15 is 4.39 Å². The summed E-state index contributed by atoms with van der Waals surface area (Å²) in [5, 5.41) is 12.8. The average molecular weight is 529 g/mol. The molecule has 38 heavy (non-hydrogen) atoms. The summed E-state index contributed by atoms with van der Waals surface area (Å²) in [6, 6.07) is 8.98. The van der Waals surface area contributed by atoms with Gasteiger partial charge in [-0.25, -0.2) is 9.18 Å². The Balaban J connectivity index is 2.32. The largest absolute Gasteiger partial charge is 0.497 e. The minimum Gasteiger partial charge on any atom is -0.497 e. The fourth-order valence-corrected chi connectivity index (χ4v) is 3.93. The topological polar surface area (TPSA) is 116 Å². The molecular weight excluding hydrogens is 495 g/mol. The van der Waals surface area contributed by atoms with Gasteiger partial charge in [-0.1, -0.05) is 19.1 Å². The number of carbonyl (C=O) groups excluding carboxylic acids is 1. The second-order valence-corrected chi connectivity index (χ2v) is 9.91. The molecule has 0 aliphatic heterocycles. The van der Waals surface area contributed by atoms with Crippen LogP contribution < -0.4 is 20.2 Å². The standard InChI is InChI=1S/C28H33FN2O7/c1-7-14-37-21-13-12-20(29)23-24(21)31(16-19(25(23)33)17-8-10-18(36-6)11-9-17)28(5,26(34)35)30-15-22(32)38-27(2,3)4/h8-13,16,30H,7,14-15H2,1-6H3,(H,34,35). The van der Waals surface area contributed by atoms with Gasteiger partial charge < -0.3 is 23.9 Å². The van der Waals surface area contributed by atoms with Gasteiger partial charge in [0.25, 0.3) is 0 Å². The van der Waals surface area contributed by atoms with Gasteiger partial charge >= 0.3 is 11.9 Å². The lowest BCUT2D eigenvalue weighted by Gasteiger charge is -2.32. The predicted octanol–water partition coefficient (Wildman–Crippen LogP) is 4.29.